The van der Waals surface area contributed by atoms with Crippen LogP contribution < -0.4 is 4.90 Å². The molecule has 1 rings (SSSR count). The summed E-state index contributed by atoms with van der Waals surface area (Å²) in [6, 6.07) is 8.38. The third kappa shape index (κ3) is 3.50. The lowest BCUT2D eigenvalue weighted by Gasteiger charge is -2.32. The van der Waals surface area contributed by atoms with E-state index >= 15 is 0 Å². The van der Waals surface area contributed by atoms with Crippen molar-refractivity contribution in [1.82, 2.24) is 0 Å². The van der Waals surface area contributed by atoms with Crippen molar-refractivity contribution in [3.05, 3.63) is 24.3 Å². The Morgan fingerprint density at radius 3 is 2.53 bits per heavy atom. The highest BCUT2D eigenvalue weighted by molar-refractivity contribution is 8.32. The van der Waals surface area contributed by atoms with Crippen molar-refractivity contribution >= 4 is 21.6 Å². The molecule has 0 unspecified atom stereocenters. The van der Waals surface area contributed by atoms with Gasteiger partial charge in [0.15, 0.2) is 0 Å². The van der Waals surface area contributed by atoms with Gasteiger partial charge in [0, 0.05) is 19.7 Å². The molecule has 0 saturated heterocycles. The first-order valence-corrected chi connectivity index (χ1v) is 8.55. The van der Waals surface area contributed by atoms with Crippen LogP contribution in [0.1, 0.15) is 20.3 Å². The lowest BCUT2D eigenvalue weighted by atomic mass is 10.3. The third-order valence-electron chi connectivity index (χ3n) is 3.03. The highest BCUT2D eigenvalue weighted by Crippen LogP contribution is 2.50. The smallest absolute Gasteiger partial charge is 0.223 e. The molecule has 0 bridgehead atoms. The van der Waals surface area contributed by atoms with Crippen LogP contribution in [0, 0.1) is 0 Å². The Bertz CT molecular complexity index is 401. The molecule has 0 aliphatic heterocycles. The molecule has 1 aromatic rings. The Kier molecular flexibility index (Phi) is 4.63. The summed E-state index contributed by atoms with van der Waals surface area (Å²) < 4.78 is 0. The van der Waals surface area contributed by atoms with Gasteiger partial charge in [-0.25, -0.2) is 10.0 Å². The van der Waals surface area contributed by atoms with Gasteiger partial charge in [-0.15, -0.1) is 0 Å². The van der Waals surface area contributed by atoms with Gasteiger partial charge in [0.05, 0.1) is 0 Å². The van der Waals surface area contributed by atoms with Crippen molar-refractivity contribution in [2.24, 2.45) is 0 Å². The fourth-order valence-corrected chi connectivity index (χ4v) is 3.99. The van der Waals surface area contributed by atoms with Gasteiger partial charge in [0.1, 0.15) is 0 Å². The van der Waals surface area contributed by atoms with E-state index in [1.165, 1.54) is 17.1 Å². The second kappa shape index (κ2) is 5.58. The first kappa shape index (κ1) is 14.1. The molecule has 0 atom stereocenters. The number of hydrogen-bond donors (Lipinski definition) is 0. The average molecular weight is 253 g/mol. The molecule has 2 nitrogen and oxygen atoms in total. The average Bonchev–Trinajstić information content (AvgIpc) is 2.28. The van der Waals surface area contributed by atoms with Crippen LogP contribution >= 0.6 is 10.0 Å². The fraction of sp³-hybridized carbons (Fsp3) is 0.500. The lowest BCUT2D eigenvalue weighted by molar-refractivity contribution is -0.116. The Balaban J connectivity index is 3.04. The monoisotopic (exact) mass is 253 g/mol. The topological polar surface area (TPSA) is 20.3 Å². The summed E-state index contributed by atoms with van der Waals surface area (Å²) in [5.41, 5.74) is 0.992. The molecule has 0 saturated carbocycles. The maximum absolute atomic E-state index is 11.4. The molecule has 3 heteroatoms. The van der Waals surface area contributed by atoms with Gasteiger partial charge in [0.2, 0.25) is 5.91 Å². The van der Waals surface area contributed by atoms with Crippen molar-refractivity contribution in [1.29, 1.82) is 0 Å². The van der Waals surface area contributed by atoms with Crippen LogP contribution in [0.5, 0.6) is 0 Å². The molecule has 0 heterocycles. The van der Waals surface area contributed by atoms with Gasteiger partial charge < -0.3 is 4.90 Å². The lowest BCUT2D eigenvalue weighted by Crippen LogP contribution is -2.22. The van der Waals surface area contributed by atoms with Crippen LogP contribution in [0.4, 0.5) is 5.69 Å². The Hall–Kier alpha value is -0.960. The van der Waals surface area contributed by atoms with Crippen molar-refractivity contribution < 1.29 is 4.79 Å². The van der Waals surface area contributed by atoms with Crippen LogP contribution in [0.3, 0.4) is 0 Å². The second-order valence-corrected chi connectivity index (χ2v) is 8.77. The number of hydrogen-bond acceptors (Lipinski definition) is 1. The number of rotatable bonds is 4. The fourth-order valence-electron chi connectivity index (χ4n) is 1.85. The molecule has 0 aromatic heterocycles. The van der Waals surface area contributed by atoms with E-state index in [1.54, 1.807) is 11.8 Å². The molecule has 0 radical (unpaired) electrons. The first-order valence-electron chi connectivity index (χ1n) is 5.94. The van der Waals surface area contributed by atoms with Gasteiger partial charge in [-0.3, -0.25) is 4.79 Å². The quantitative estimate of drug-likeness (QED) is 0.804. The maximum atomic E-state index is 11.4. The standard InChI is InChI=1S/C14H23NOS/c1-6-10-17(4,5)14-9-7-8-13(11-14)15(3)12(2)16/h7-9,11H,6,10H2,1-5H3. The number of benzene rings is 1. The van der Waals surface area contributed by atoms with Crippen LogP contribution in [0.15, 0.2) is 29.2 Å². The zero-order chi connectivity index (χ0) is 13.1. The maximum Gasteiger partial charge on any atom is 0.223 e. The molecule has 96 valence electrons. The summed E-state index contributed by atoms with van der Waals surface area (Å²) in [6.45, 7) is 3.82. The minimum Gasteiger partial charge on any atom is -0.316 e. The van der Waals surface area contributed by atoms with Gasteiger partial charge in [-0.05, 0) is 47.8 Å². The predicted octanol–water partition coefficient (Wildman–Crippen LogP) is 3.50. The first-order chi connectivity index (χ1) is 7.88. The van der Waals surface area contributed by atoms with Crippen molar-refractivity contribution in [2.75, 3.05) is 30.2 Å². The van der Waals surface area contributed by atoms with E-state index in [0.717, 1.165) is 5.69 Å². The van der Waals surface area contributed by atoms with Gasteiger partial charge in [0.25, 0.3) is 0 Å². The Morgan fingerprint density at radius 2 is 2.00 bits per heavy atom. The van der Waals surface area contributed by atoms with E-state index in [9.17, 15) is 4.79 Å². The van der Waals surface area contributed by atoms with E-state index in [4.69, 9.17) is 0 Å². The third-order valence-corrected chi connectivity index (χ3v) is 5.99. The Labute approximate surface area is 106 Å². The highest BCUT2D eigenvalue weighted by atomic mass is 32.3. The highest BCUT2D eigenvalue weighted by Gasteiger charge is 2.15. The van der Waals surface area contributed by atoms with Crippen molar-refractivity contribution in [2.45, 2.75) is 25.2 Å². The number of carbonyl (C=O) groups excluding carboxylic acids is 1. The molecule has 0 fully saturated rings. The van der Waals surface area contributed by atoms with Gasteiger partial charge >= 0.3 is 0 Å². The molecule has 0 spiro atoms. The second-order valence-electron chi connectivity index (χ2n) is 4.82. The Morgan fingerprint density at radius 1 is 1.35 bits per heavy atom. The van der Waals surface area contributed by atoms with Crippen molar-refractivity contribution in [3.8, 4) is 0 Å². The molecule has 1 aromatic carbocycles. The summed E-state index contributed by atoms with van der Waals surface area (Å²) in [6.07, 6.45) is 5.88. The SMILES string of the molecule is CCCS(C)(C)c1cccc(N(C)C(C)=O)c1. The zero-order valence-electron chi connectivity index (χ0n) is 11.5. The van der Waals surface area contributed by atoms with Crippen LogP contribution in [0.25, 0.3) is 0 Å². The number of carbonyl (C=O) groups is 1. The van der Waals surface area contributed by atoms with E-state index in [1.807, 2.05) is 13.1 Å². The summed E-state index contributed by atoms with van der Waals surface area (Å²) in [5.74, 6) is 1.31. The molecule has 1 amide bonds. The normalized spacial score (nSPS) is 12.3. The molecular formula is C14H23NOS. The van der Waals surface area contributed by atoms with E-state index in [-0.39, 0.29) is 5.91 Å². The minimum absolute atomic E-state index is 0.0745. The molecule has 17 heavy (non-hydrogen) atoms. The number of anilines is 1. The predicted molar refractivity (Wildman–Crippen MR) is 78.4 cm³/mol. The van der Waals surface area contributed by atoms with Crippen molar-refractivity contribution in [3.63, 3.8) is 0 Å². The van der Waals surface area contributed by atoms with E-state index in [0.29, 0.717) is 0 Å². The van der Waals surface area contributed by atoms with Crippen LogP contribution in [-0.4, -0.2) is 31.2 Å². The van der Waals surface area contributed by atoms with Gasteiger partial charge in [-0.1, -0.05) is 13.0 Å². The largest absolute Gasteiger partial charge is 0.316 e. The van der Waals surface area contributed by atoms with Gasteiger partial charge in [-0.2, -0.15) is 0 Å². The minimum atomic E-state index is -0.730. The summed E-state index contributed by atoms with van der Waals surface area (Å²) >= 11 is 0. The summed E-state index contributed by atoms with van der Waals surface area (Å²) in [5, 5.41) is 0. The molecule has 0 aliphatic carbocycles. The van der Waals surface area contributed by atoms with E-state index in [2.05, 4.69) is 37.6 Å². The van der Waals surface area contributed by atoms with Crippen LogP contribution in [-0.2, 0) is 4.79 Å². The zero-order valence-corrected chi connectivity index (χ0v) is 12.3. The molecular weight excluding hydrogens is 230 g/mol. The van der Waals surface area contributed by atoms with E-state index < -0.39 is 10.0 Å². The molecule has 0 N–H and O–H groups in total. The molecule has 0 aliphatic rings. The van der Waals surface area contributed by atoms with Crippen LogP contribution in [0.2, 0.25) is 0 Å². The summed E-state index contributed by atoms with van der Waals surface area (Å²) in [7, 11) is 1.09. The number of amides is 1. The summed E-state index contributed by atoms with van der Waals surface area (Å²) in [4.78, 5) is 14.4. The number of nitrogens with zero attached hydrogens (tertiary/aromatic N) is 1.